The van der Waals surface area contributed by atoms with Crippen LogP contribution in [-0.2, 0) is 18.8 Å². The van der Waals surface area contributed by atoms with Crippen LogP contribution in [0.15, 0.2) is 36.7 Å². The van der Waals surface area contributed by atoms with E-state index in [1.54, 1.807) is 6.20 Å². The van der Waals surface area contributed by atoms with E-state index < -0.39 is 0 Å². The molecule has 0 radical (unpaired) electrons. The molecular formula is C13H15BrN2O. The maximum atomic E-state index is 5.70. The quantitative estimate of drug-likeness (QED) is 0.793. The van der Waals surface area contributed by atoms with E-state index in [4.69, 9.17) is 4.74 Å². The lowest BCUT2D eigenvalue weighted by molar-refractivity contribution is 0.317. The number of imidazole rings is 1. The fraction of sp³-hybridized carbons (Fsp3) is 0.308. The molecule has 1 heterocycles. The SMILES string of the molecule is Cn1ccnc1CCOc1cccc(CBr)c1. The molecule has 3 nitrogen and oxygen atoms in total. The van der Waals surface area contributed by atoms with Gasteiger partial charge in [-0.3, -0.25) is 0 Å². The van der Waals surface area contributed by atoms with Crippen molar-refractivity contribution >= 4 is 15.9 Å². The van der Waals surface area contributed by atoms with Crippen LogP contribution in [0.25, 0.3) is 0 Å². The van der Waals surface area contributed by atoms with E-state index in [0.717, 1.165) is 23.3 Å². The van der Waals surface area contributed by atoms with Crippen LogP contribution in [0, 0.1) is 0 Å². The predicted molar refractivity (Wildman–Crippen MR) is 71.5 cm³/mol. The van der Waals surface area contributed by atoms with Crippen LogP contribution in [0.1, 0.15) is 11.4 Å². The van der Waals surface area contributed by atoms with Crippen molar-refractivity contribution in [2.45, 2.75) is 11.8 Å². The third-order valence-electron chi connectivity index (χ3n) is 2.57. The lowest BCUT2D eigenvalue weighted by Gasteiger charge is -2.07. The van der Waals surface area contributed by atoms with Crippen molar-refractivity contribution in [1.29, 1.82) is 0 Å². The van der Waals surface area contributed by atoms with Gasteiger partial charge >= 0.3 is 0 Å². The van der Waals surface area contributed by atoms with Crippen LogP contribution in [0.3, 0.4) is 0 Å². The molecule has 4 heteroatoms. The normalized spacial score (nSPS) is 10.5. The number of benzene rings is 1. The molecule has 90 valence electrons. The Bertz CT molecular complexity index is 482. The minimum absolute atomic E-state index is 0.649. The second-order valence-corrected chi connectivity index (χ2v) is 4.39. The zero-order chi connectivity index (χ0) is 12.1. The Morgan fingerprint density at radius 1 is 1.41 bits per heavy atom. The van der Waals surface area contributed by atoms with Crippen LogP contribution in [-0.4, -0.2) is 16.2 Å². The van der Waals surface area contributed by atoms with E-state index in [9.17, 15) is 0 Å². The number of hydrogen-bond donors (Lipinski definition) is 0. The average Bonchev–Trinajstić information content (AvgIpc) is 2.76. The summed E-state index contributed by atoms with van der Waals surface area (Å²) in [4.78, 5) is 4.26. The van der Waals surface area contributed by atoms with Gasteiger partial charge < -0.3 is 9.30 Å². The van der Waals surface area contributed by atoms with Crippen molar-refractivity contribution in [2.24, 2.45) is 7.05 Å². The van der Waals surface area contributed by atoms with Crippen LogP contribution in [0.4, 0.5) is 0 Å². The Kier molecular flexibility index (Phi) is 4.20. The minimum atomic E-state index is 0.649. The molecule has 0 fully saturated rings. The largest absolute Gasteiger partial charge is 0.493 e. The first-order valence-corrected chi connectivity index (χ1v) is 6.65. The monoisotopic (exact) mass is 294 g/mol. The lowest BCUT2D eigenvalue weighted by atomic mass is 10.2. The highest BCUT2D eigenvalue weighted by Gasteiger charge is 2.00. The second kappa shape index (κ2) is 5.87. The molecule has 0 N–H and O–H groups in total. The Hall–Kier alpha value is -1.29. The van der Waals surface area contributed by atoms with Crippen LogP contribution in [0.2, 0.25) is 0 Å². The molecular weight excluding hydrogens is 280 g/mol. The number of nitrogens with zero attached hydrogens (tertiary/aromatic N) is 2. The molecule has 17 heavy (non-hydrogen) atoms. The molecule has 1 aromatic heterocycles. The van der Waals surface area contributed by atoms with Gasteiger partial charge in [0.1, 0.15) is 11.6 Å². The number of hydrogen-bond acceptors (Lipinski definition) is 2. The van der Waals surface area contributed by atoms with Crippen LogP contribution < -0.4 is 4.74 Å². The highest BCUT2D eigenvalue weighted by molar-refractivity contribution is 9.08. The Balaban J connectivity index is 1.87. The zero-order valence-electron chi connectivity index (χ0n) is 9.77. The topological polar surface area (TPSA) is 27.1 Å². The smallest absolute Gasteiger partial charge is 0.119 e. The number of aromatic nitrogens is 2. The Morgan fingerprint density at radius 3 is 3.00 bits per heavy atom. The zero-order valence-corrected chi connectivity index (χ0v) is 11.4. The van der Waals surface area contributed by atoms with Gasteiger partial charge in [0.25, 0.3) is 0 Å². The fourth-order valence-corrected chi connectivity index (χ4v) is 1.96. The first-order chi connectivity index (χ1) is 8.29. The Labute approximate surface area is 110 Å². The molecule has 0 bridgehead atoms. The van der Waals surface area contributed by atoms with Gasteiger partial charge in [-0.1, -0.05) is 28.1 Å². The molecule has 0 aliphatic heterocycles. The maximum Gasteiger partial charge on any atom is 0.119 e. The van der Waals surface area contributed by atoms with Gasteiger partial charge in [0, 0.05) is 31.2 Å². The molecule has 0 saturated heterocycles. The van der Waals surface area contributed by atoms with Gasteiger partial charge in [0.2, 0.25) is 0 Å². The summed E-state index contributed by atoms with van der Waals surface area (Å²) in [5.74, 6) is 1.96. The van der Waals surface area contributed by atoms with Gasteiger partial charge in [0.15, 0.2) is 0 Å². The lowest BCUT2D eigenvalue weighted by Crippen LogP contribution is -2.06. The van der Waals surface area contributed by atoms with Crippen molar-refractivity contribution in [2.75, 3.05) is 6.61 Å². The third-order valence-corrected chi connectivity index (χ3v) is 3.22. The molecule has 2 aromatic rings. The third kappa shape index (κ3) is 3.33. The highest BCUT2D eigenvalue weighted by Crippen LogP contribution is 2.15. The summed E-state index contributed by atoms with van der Waals surface area (Å²) in [5.41, 5.74) is 1.22. The van der Waals surface area contributed by atoms with Crippen LogP contribution >= 0.6 is 15.9 Å². The van der Waals surface area contributed by atoms with E-state index in [1.165, 1.54) is 5.56 Å². The summed E-state index contributed by atoms with van der Waals surface area (Å²) in [6, 6.07) is 8.10. The summed E-state index contributed by atoms with van der Waals surface area (Å²) in [6.45, 7) is 0.649. The first-order valence-electron chi connectivity index (χ1n) is 5.53. The van der Waals surface area contributed by atoms with E-state index >= 15 is 0 Å². The van der Waals surface area contributed by atoms with E-state index in [0.29, 0.717) is 6.61 Å². The standard InChI is InChI=1S/C13H15BrN2O/c1-16-7-6-15-13(16)5-8-17-12-4-2-3-11(9-12)10-14/h2-4,6-7,9H,5,8,10H2,1H3. The fourth-order valence-electron chi connectivity index (χ4n) is 1.62. The summed E-state index contributed by atoms with van der Waals surface area (Å²) >= 11 is 3.43. The minimum Gasteiger partial charge on any atom is -0.493 e. The summed E-state index contributed by atoms with van der Waals surface area (Å²) in [5, 5.41) is 0.851. The van der Waals surface area contributed by atoms with Gasteiger partial charge in [0.05, 0.1) is 6.61 Å². The van der Waals surface area contributed by atoms with Gasteiger partial charge in [-0.2, -0.15) is 0 Å². The molecule has 0 spiro atoms. The highest BCUT2D eigenvalue weighted by atomic mass is 79.9. The molecule has 1 aromatic carbocycles. The van der Waals surface area contributed by atoms with Gasteiger partial charge in [-0.15, -0.1) is 0 Å². The number of alkyl halides is 1. The van der Waals surface area contributed by atoms with Gasteiger partial charge in [-0.05, 0) is 17.7 Å². The summed E-state index contributed by atoms with van der Waals surface area (Å²) < 4.78 is 7.71. The van der Waals surface area contributed by atoms with E-state index in [2.05, 4.69) is 27.0 Å². The first kappa shape index (κ1) is 12.2. The predicted octanol–water partition coefficient (Wildman–Crippen LogP) is 2.94. The molecule has 0 saturated carbocycles. The Morgan fingerprint density at radius 2 is 2.29 bits per heavy atom. The maximum absolute atomic E-state index is 5.70. The molecule has 0 unspecified atom stereocenters. The number of ether oxygens (including phenoxy) is 1. The number of halogens is 1. The number of aryl methyl sites for hydroxylation is 1. The average molecular weight is 295 g/mol. The van der Waals surface area contributed by atoms with Crippen LogP contribution in [0.5, 0.6) is 5.75 Å². The summed E-state index contributed by atoms with van der Waals surface area (Å²) in [7, 11) is 1.99. The second-order valence-electron chi connectivity index (χ2n) is 3.83. The van der Waals surface area contributed by atoms with Crippen molar-refractivity contribution in [3.05, 3.63) is 48.0 Å². The van der Waals surface area contributed by atoms with Gasteiger partial charge in [-0.25, -0.2) is 4.98 Å². The summed E-state index contributed by atoms with van der Waals surface area (Å²) in [6.07, 6.45) is 4.57. The number of rotatable bonds is 5. The van der Waals surface area contributed by atoms with Crippen molar-refractivity contribution < 1.29 is 4.74 Å². The molecule has 0 aliphatic carbocycles. The van der Waals surface area contributed by atoms with E-state index in [1.807, 2.05) is 36.0 Å². The molecule has 0 atom stereocenters. The van der Waals surface area contributed by atoms with E-state index in [-0.39, 0.29) is 0 Å². The molecule has 2 rings (SSSR count). The molecule has 0 aliphatic rings. The van der Waals surface area contributed by atoms with Crippen molar-refractivity contribution in [3.8, 4) is 5.75 Å². The van der Waals surface area contributed by atoms with Crippen molar-refractivity contribution in [1.82, 2.24) is 9.55 Å². The molecule has 0 amide bonds. The van der Waals surface area contributed by atoms with Crippen molar-refractivity contribution in [3.63, 3.8) is 0 Å².